The van der Waals surface area contributed by atoms with Crippen molar-refractivity contribution in [3.8, 4) is 0 Å². The van der Waals surface area contributed by atoms with E-state index in [4.69, 9.17) is 5.73 Å². The molecule has 0 aliphatic carbocycles. The number of nitrogens with one attached hydrogen (secondary N) is 1. The molecule has 1 rings (SSSR count). The summed E-state index contributed by atoms with van der Waals surface area (Å²) in [4.78, 5) is 12.4. The molecule has 0 saturated heterocycles. The molecule has 0 spiro atoms. The molecule has 3 nitrogen and oxygen atoms in total. The van der Waals surface area contributed by atoms with Crippen molar-refractivity contribution < 1.29 is 18.0 Å². The zero-order valence-corrected chi connectivity index (χ0v) is 12.6. The van der Waals surface area contributed by atoms with Crippen LogP contribution in [0.4, 0.5) is 18.9 Å². The molecule has 1 aromatic rings. The average molecular weight is 320 g/mol. The molecular weight excluding hydrogens is 301 g/mol. The van der Waals surface area contributed by atoms with Crippen molar-refractivity contribution in [2.45, 2.75) is 30.8 Å². The van der Waals surface area contributed by atoms with E-state index in [0.717, 1.165) is 6.42 Å². The molecule has 21 heavy (non-hydrogen) atoms. The highest BCUT2D eigenvalue weighted by Gasteiger charge is 2.27. The van der Waals surface area contributed by atoms with Gasteiger partial charge in [-0.05, 0) is 31.5 Å². The van der Waals surface area contributed by atoms with Gasteiger partial charge in [-0.3, -0.25) is 4.79 Å². The summed E-state index contributed by atoms with van der Waals surface area (Å²) in [5.41, 5.74) is 5.81. The minimum atomic E-state index is -4.24. The smallest absolute Gasteiger partial charge is 0.330 e. The van der Waals surface area contributed by atoms with Crippen molar-refractivity contribution in [2.75, 3.05) is 17.6 Å². The Kier molecular flexibility index (Phi) is 7.04. The van der Waals surface area contributed by atoms with E-state index in [1.165, 1.54) is 0 Å². The van der Waals surface area contributed by atoms with Crippen LogP contribution in [0.1, 0.15) is 19.8 Å². The lowest BCUT2D eigenvalue weighted by molar-refractivity contribution is -0.119. The van der Waals surface area contributed by atoms with Gasteiger partial charge in [-0.15, -0.1) is 11.8 Å². The average Bonchev–Trinajstić information content (AvgIpc) is 2.42. The molecule has 3 N–H and O–H groups in total. The van der Waals surface area contributed by atoms with E-state index in [1.54, 1.807) is 31.2 Å². The van der Waals surface area contributed by atoms with Gasteiger partial charge in [-0.1, -0.05) is 19.1 Å². The first kappa shape index (κ1) is 17.8. The number of nitrogens with two attached hydrogens (primary N) is 1. The number of carbonyl (C=O) groups excluding carboxylic acids is 1. The highest BCUT2D eigenvalue weighted by molar-refractivity contribution is 7.99. The minimum Gasteiger partial charge on any atom is -0.330 e. The molecule has 1 unspecified atom stereocenters. The van der Waals surface area contributed by atoms with Crippen LogP contribution in [-0.2, 0) is 4.79 Å². The number of alkyl halides is 3. The van der Waals surface area contributed by atoms with E-state index >= 15 is 0 Å². The molecule has 0 radical (unpaired) electrons. The van der Waals surface area contributed by atoms with Crippen molar-refractivity contribution in [3.05, 3.63) is 24.3 Å². The summed E-state index contributed by atoms with van der Waals surface area (Å²) in [7, 11) is 0. The lowest BCUT2D eigenvalue weighted by atomic mass is 10.0. The van der Waals surface area contributed by atoms with Crippen LogP contribution in [0.3, 0.4) is 0 Å². The summed E-state index contributed by atoms with van der Waals surface area (Å²) in [5.74, 6) is -1.42. The lowest BCUT2D eigenvalue weighted by Gasteiger charge is -2.15. The summed E-state index contributed by atoms with van der Waals surface area (Å²) in [6, 6.07) is 6.49. The summed E-state index contributed by atoms with van der Waals surface area (Å²) in [6.07, 6.45) is -2.85. The molecular formula is C14H19F3N2OS. The van der Waals surface area contributed by atoms with Gasteiger partial charge in [-0.25, -0.2) is 0 Å². The first-order chi connectivity index (χ1) is 9.83. The summed E-state index contributed by atoms with van der Waals surface area (Å²) >= 11 is 0.666. The number of benzene rings is 1. The Morgan fingerprint density at radius 1 is 1.38 bits per heavy atom. The molecule has 0 aromatic heterocycles. The number of hydrogen-bond acceptors (Lipinski definition) is 3. The Balaban J connectivity index is 2.68. The summed E-state index contributed by atoms with van der Waals surface area (Å²) in [5, 5.41) is 2.69. The van der Waals surface area contributed by atoms with Crippen LogP contribution in [-0.4, -0.2) is 24.4 Å². The highest BCUT2D eigenvalue weighted by Crippen LogP contribution is 2.32. The van der Waals surface area contributed by atoms with Gasteiger partial charge in [-0.2, -0.15) is 13.2 Å². The van der Waals surface area contributed by atoms with Gasteiger partial charge in [0.15, 0.2) is 0 Å². The second-order valence-electron chi connectivity index (χ2n) is 4.72. The predicted molar refractivity (Wildman–Crippen MR) is 79.3 cm³/mol. The number of anilines is 1. The summed E-state index contributed by atoms with van der Waals surface area (Å²) in [6.45, 7) is 2.28. The van der Waals surface area contributed by atoms with Gasteiger partial charge in [0.2, 0.25) is 5.91 Å². The van der Waals surface area contributed by atoms with Crippen molar-refractivity contribution in [2.24, 2.45) is 11.7 Å². The SMILES string of the molecule is CC(CCCN)C(=O)Nc1ccccc1SCC(F)(F)F. The normalized spacial score (nSPS) is 13.0. The van der Waals surface area contributed by atoms with E-state index < -0.39 is 11.9 Å². The molecule has 0 aliphatic heterocycles. The Hall–Kier alpha value is -1.21. The summed E-state index contributed by atoms with van der Waals surface area (Å²) < 4.78 is 36.8. The maximum atomic E-state index is 12.3. The van der Waals surface area contributed by atoms with Crippen LogP contribution in [0.25, 0.3) is 0 Å². The molecule has 1 atom stereocenters. The third kappa shape index (κ3) is 6.86. The number of halogens is 3. The van der Waals surface area contributed by atoms with Gasteiger partial charge in [0, 0.05) is 10.8 Å². The fourth-order valence-corrected chi connectivity index (χ4v) is 2.43. The Morgan fingerprint density at radius 3 is 2.67 bits per heavy atom. The van der Waals surface area contributed by atoms with Crippen LogP contribution < -0.4 is 11.1 Å². The van der Waals surface area contributed by atoms with Crippen LogP contribution in [0, 0.1) is 5.92 Å². The molecule has 0 heterocycles. The predicted octanol–water partition coefficient (Wildman–Crippen LogP) is 3.65. The molecule has 118 valence electrons. The van der Waals surface area contributed by atoms with Crippen LogP contribution in [0.15, 0.2) is 29.2 Å². The molecule has 1 aromatic carbocycles. The Morgan fingerprint density at radius 2 is 2.05 bits per heavy atom. The first-order valence-electron chi connectivity index (χ1n) is 6.63. The third-order valence-corrected chi connectivity index (χ3v) is 3.96. The van der Waals surface area contributed by atoms with Gasteiger partial charge in [0.1, 0.15) is 0 Å². The topological polar surface area (TPSA) is 55.1 Å². The Labute approximate surface area is 126 Å². The van der Waals surface area contributed by atoms with Crippen LogP contribution in [0.2, 0.25) is 0 Å². The van der Waals surface area contributed by atoms with Crippen molar-refractivity contribution in [1.82, 2.24) is 0 Å². The highest BCUT2D eigenvalue weighted by atomic mass is 32.2. The molecule has 0 saturated carbocycles. The van der Waals surface area contributed by atoms with Crippen molar-refractivity contribution in [1.29, 1.82) is 0 Å². The molecule has 1 amide bonds. The lowest BCUT2D eigenvalue weighted by Crippen LogP contribution is -2.21. The van der Waals surface area contributed by atoms with E-state index in [0.29, 0.717) is 35.3 Å². The second-order valence-corrected chi connectivity index (χ2v) is 5.74. The van der Waals surface area contributed by atoms with Gasteiger partial charge >= 0.3 is 6.18 Å². The maximum Gasteiger partial charge on any atom is 0.398 e. The van der Waals surface area contributed by atoms with E-state index in [-0.39, 0.29) is 11.8 Å². The quantitative estimate of drug-likeness (QED) is 0.754. The number of carbonyl (C=O) groups is 1. The van der Waals surface area contributed by atoms with Gasteiger partial charge in [0.25, 0.3) is 0 Å². The maximum absolute atomic E-state index is 12.3. The number of para-hydroxylation sites is 1. The fourth-order valence-electron chi connectivity index (χ4n) is 1.67. The monoisotopic (exact) mass is 320 g/mol. The molecule has 7 heteroatoms. The zero-order chi connectivity index (χ0) is 15.9. The van der Waals surface area contributed by atoms with Crippen molar-refractivity contribution >= 4 is 23.4 Å². The van der Waals surface area contributed by atoms with Gasteiger partial charge in [0.05, 0.1) is 11.4 Å². The van der Waals surface area contributed by atoms with E-state index in [1.807, 2.05) is 0 Å². The van der Waals surface area contributed by atoms with E-state index in [9.17, 15) is 18.0 Å². The Bertz CT molecular complexity index is 466. The number of rotatable bonds is 7. The van der Waals surface area contributed by atoms with Crippen LogP contribution in [0.5, 0.6) is 0 Å². The molecule has 0 aliphatic rings. The number of amides is 1. The standard InChI is InChI=1S/C14H19F3N2OS/c1-10(5-4-8-18)13(20)19-11-6-2-3-7-12(11)21-9-14(15,16)17/h2-3,6-7,10H,4-5,8-9,18H2,1H3,(H,19,20). The van der Waals surface area contributed by atoms with Crippen LogP contribution >= 0.6 is 11.8 Å². The van der Waals surface area contributed by atoms with E-state index in [2.05, 4.69) is 5.32 Å². The van der Waals surface area contributed by atoms with Gasteiger partial charge < -0.3 is 11.1 Å². The number of thioether (sulfide) groups is 1. The minimum absolute atomic E-state index is 0.205. The second kappa shape index (κ2) is 8.29. The number of hydrogen-bond donors (Lipinski definition) is 2. The third-order valence-electron chi connectivity index (χ3n) is 2.83. The molecule has 0 fully saturated rings. The largest absolute Gasteiger partial charge is 0.398 e. The molecule has 0 bridgehead atoms. The fraction of sp³-hybridized carbons (Fsp3) is 0.500. The first-order valence-corrected chi connectivity index (χ1v) is 7.61. The van der Waals surface area contributed by atoms with Crippen molar-refractivity contribution in [3.63, 3.8) is 0 Å². The zero-order valence-electron chi connectivity index (χ0n) is 11.7.